The van der Waals surface area contributed by atoms with Gasteiger partial charge in [0.25, 0.3) is 0 Å². The number of aromatic nitrogens is 5. The molecule has 6 aromatic rings. The van der Waals surface area contributed by atoms with Crippen LogP contribution in [0.1, 0.15) is 84.7 Å². The van der Waals surface area contributed by atoms with Crippen molar-refractivity contribution < 1.29 is 0 Å². The molecule has 0 amide bonds. The Hall–Kier alpha value is -4.25. The molecule has 3 heterocycles. The first-order chi connectivity index (χ1) is 20.1. The normalized spacial score (nSPS) is 12.0. The minimum atomic E-state index is 0.167. The second-order valence-electron chi connectivity index (χ2n) is 14.1. The predicted molar refractivity (Wildman–Crippen MR) is 182 cm³/mol. The van der Waals surface area contributed by atoms with Crippen molar-refractivity contribution in [3.63, 3.8) is 0 Å². The highest BCUT2D eigenvalue weighted by atomic mass is 14.8. The Labute approximate surface area is 256 Å². The fourth-order valence-electron chi connectivity index (χ4n) is 4.54. The van der Waals surface area contributed by atoms with Gasteiger partial charge < -0.3 is 0 Å². The number of hydrogen-bond acceptors (Lipinski definition) is 5. The van der Waals surface area contributed by atoms with Crippen LogP contribution in [0.2, 0.25) is 0 Å². The number of benzene rings is 3. The van der Waals surface area contributed by atoms with Crippen LogP contribution in [-0.2, 0) is 16.2 Å². The summed E-state index contributed by atoms with van der Waals surface area (Å²) in [5, 5.41) is 1.22. The second kappa shape index (κ2) is 12.5. The average molecular weight is 572 g/mol. The summed E-state index contributed by atoms with van der Waals surface area (Å²) in [6, 6.07) is 23.1. The first-order valence-corrected chi connectivity index (χ1v) is 14.9. The van der Waals surface area contributed by atoms with Gasteiger partial charge in [-0.05, 0) is 82.3 Å². The molecule has 0 unspecified atom stereocenters. The van der Waals surface area contributed by atoms with E-state index in [1.165, 1.54) is 22.1 Å². The van der Waals surface area contributed by atoms with E-state index >= 15 is 0 Å². The highest BCUT2D eigenvalue weighted by Gasteiger charge is 2.15. The van der Waals surface area contributed by atoms with Crippen LogP contribution < -0.4 is 0 Å². The van der Waals surface area contributed by atoms with E-state index in [2.05, 4.69) is 142 Å². The van der Waals surface area contributed by atoms with Crippen LogP contribution in [0.4, 0.5) is 0 Å². The third-order valence-electron chi connectivity index (χ3n) is 7.33. The van der Waals surface area contributed by atoms with E-state index in [4.69, 9.17) is 0 Å². The lowest BCUT2D eigenvalue weighted by molar-refractivity contribution is 0.590. The summed E-state index contributed by atoms with van der Waals surface area (Å²) >= 11 is 0. The second-order valence-corrected chi connectivity index (χ2v) is 14.1. The molecular formula is C38H45N5. The lowest BCUT2D eigenvalue weighted by Gasteiger charge is -2.19. The Morgan fingerprint density at radius 2 is 0.907 bits per heavy atom. The number of rotatable bonds is 0. The zero-order valence-electron chi connectivity index (χ0n) is 27.4. The monoisotopic (exact) mass is 571 g/mol. The largest absolute Gasteiger partial charge is 0.256 e. The molecule has 43 heavy (non-hydrogen) atoms. The van der Waals surface area contributed by atoms with Gasteiger partial charge in [-0.1, -0.05) is 86.6 Å². The zero-order valence-corrected chi connectivity index (χ0v) is 27.4. The van der Waals surface area contributed by atoms with Gasteiger partial charge in [-0.25, -0.2) is 4.98 Å². The Bertz CT molecular complexity index is 1750. The van der Waals surface area contributed by atoms with Crippen LogP contribution in [0.5, 0.6) is 0 Å². The summed E-state index contributed by atoms with van der Waals surface area (Å²) in [6.45, 7) is 21.9. The molecule has 0 fully saturated rings. The molecule has 0 radical (unpaired) electrons. The van der Waals surface area contributed by atoms with Gasteiger partial charge in [0.2, 0.25) is 0 Å². The van der Waals surface area contributed by atoms with Crippen LogP contribution in [-0.4, -0.2) is 24.9 Å². The molecule has 0 N–H and O–H groups in total. The average Bonchev–Trinajstić information content (AvgIpc) is 2.95. The fraction of sp³-hybridized carbons (Fsp3) is 0.342. The topological polar surface area (TPSA) is 64.5 Å². The molecule has 5 nitrogen and oxygen atoms in total. The van der Waals surface area contributed by atoms with E-state index in [1.807, 2.05) is 31.5 Å². The van der Waals surface area contributed by atoms with Crippen LogP contribution in [0.15, 0.2) is 91.5 Å². The van der Waals surface area contributed by atoms with Crippen molar-refractivity contribution in [3.8, 4) is 0 Å². The van der Waals surface area contributed by atoms with Gasteiger partial charge in [0.15, 0.2) is 0 Å². The number of aryl methyl sites for hydroxylation is 1. The van der Waals surface area contributed by atoms with Gasteiger partial charge in [0.05, 0.1) is 33.3 Å². The molecule has 0 spiro atoms. The quantitative estimate of drug-likeness (QED) is 0.182. The van der Waals surface area contributed by atoms with Crippen molar-refractivity contribution in [2.45, 2.75) is 85.5 Å². The molecule has 0 aliphatic carbocycles. The van der Waals surface area contributed by atoms with E-state index in [9.17, 15) is 0 Å². The van der Waals surface area contributed by atoms with Crippen LogP contribution in [0.3, 0.4) is 0 Å². The van der Waals surface area contributed by atoms with E-state index in [0.29, 0.717) is 0 Å². The maximum atomic E-state index is 4.44. The lowest BCUT2D eigenvalue weighted by atomic mass is 9.86. The molecule has 3 aromatic heterocycles. The number of nitrogens with zero attached hydrogens (tertiary/aromatic N) is 5. The first-order valence-electron chi connectivity index (χ1n) is 14.9. The lowest BCUT2D eigenvalue weighted by Crippen LogP contribution is -2.10. The van der Waals surface area contributed by atoms with Crippen molar-refractivity contribution in [2.24, 2.45) is 0 Å². The minimum Gasteiger partial charge on any atom is -0.256 e. The van der Waals surface area contributed by atoms with Gasteiger partial charge in [-0.2, -0.15) is 0 Å². The Morgan fingerprint density at radius 3 is 1.49 bits per heavy atom. The van der Waals surface area contributed by atoms with Crippen molar-refractivity contribution >= 4 is 33.0 Å². The molecule has 222 valence electrons. The number of pyridine rings is 1. The molecular weight excluding hydrogens is 526 g/mol. The Balaban J connectivity index is 0.000000148. The molecule has 3 aromatic carbocycles. The maximum Gasteiger partial charge on any atom is 0.0890 e. The summed E-state index contributed by atoms with van der Waals surface area (Å²) in [5.74, 6) is 0. The molecule has 0 saturated heterocycles. The smallest absolute Gasteiger partial charge is 0.0890 e. The predicted octanol–water partition coefficient (Wildman–Crippen LogP) is 9.70. The molecule has 6 rings (SSSR count). The molecule has 0 aliphatic rings. The molecule has 5 heteroatoms. The van der Waals surface area contributed by atoms with Crippen LogP contribution >= 0.6 is 0 Å². The van der Waals surface area contributed by atoms with Gasteiger partial charge >= 0.3 is 0 Å². The molecule has 0 aliphatic heterocycles. The summed E-state index contributed by atoms with van der Waals surface area (Å²) < 4.78 is 0. The molecule has 0 saturated carbocycles. The van der Waals surface area contributed by atoms with Gasteiger partial charge in [0, 0.05) is 30.2 Å². The van der Waals surface area contributed by atoms with Gasteiger partial charge in [0.1, 0.15) is 0 Å². The highest BCUT2D eigenvalue weighted by molar-refractivity contribution is 5.79. The standard InChI is InChI=1S/C13H16N2.C13H15N.C12H14N2/c1-9-8-14-12-7-10(13(2,3)4)5-6-11(12)15-9;1-13(2,3)11-6-7-12-10(9-11)5-4-8-14-12;1-12(2,3)9-4-5-10-11(8-9)14-7-6-13-10/h5-8H,1-4H3;4-9H,1-3H3;4-8H,1-3H3. The third kappa shape index (κ3) is 8.41. The Kier molecular flexibility index (Phi) is 9.24. The van der Waals surface area contributed by atoms with Crippen molar-refractivity contribution in [3.05, 3.63) is 114 Å². The summed E-state index contributed by atoms with van der Waals surface area (Å²) in [6.07, 6.45) is 7.10. The van der Waals surface area contributed by atoms with Crippen LogP contribution in [0.25, 0.3) is 33.0 Å². The SMILES string of the molecule is CC(C)(C)c1ccc2ncccc2c1.CC(C)(C)c1ccc2nccnc2c1.Cc1cnc2cc(C(C)(C)C)ccc2n1. The van der Waals surface area contributed by atoms with Gasteiger partial charge in [-0.3, -0.25) is 19.9 Å². The first kappa shape index (κ1) is 31.7. The maximum absolute atomic E-state index is 4.44. The highest BCUT2D eigenvalue weighted by Crippen LogP contribution is 2.26. The van der Waals surface area contributed by atoms with Crippen molar-refractivity contribution in [1.82, 2.24) is 24.9 Å². The molecule has 0 bridgehead atoms. The molecule has 0 atom stereocenters. The van der Waals surface area contributed by atoms with Gasteiger partial charge in [-0.15, -0.1) is 0 Å². The summed E-state index contributed by atoms with van der Waals surface area (Å²) in [5.41, 5.74) is 10.4. The third-order valence-corrected chi connectivity index (χ3v) is 7.33. The number of hydrogen-bond donors (Lipinski definition) is 0. The van der Waals surface area contributed by atoms with E-state index in [0.717, 1.165) is 33.3 Å². The van der Waals surface area contributed by atoms with Crippen molar-refractivity contribution in [1.29, 1.82) is 0 Å². The van der Waals surface area contributed by atoms with E-state index in [-0.39, 0.29) is 16.2 Å². The number of fused-ring (bicyclic) bond motifs is 3. The zero-order chi connectivity index (χ0) is 31.4. The van der Waals surface area contributed by atoms with Crippen LogP contribution in [0, 0.1) is 6.92 Å². The summed E-state index contributed by atoms with van der Waals surface area (Å²) in [7, 11) is 0. The van der Waals surface area contributed by atoms with E-state index < -0.39 is 0 Å². The Morgan fingerprint density at radius 1 is 0.442 bits per heavy atom. The fourth-order valence-corrected chi connectivity index (χ4v) is 4.54. The summed E-state index contributed by atoms with van der Waals surface area (Å²) in [4.78, 5) is 21.7. The van der Waals surface area contributed by atoms with Crippen molar-refractivity contribution in [2.75, 3.05) is 0 Å². The van der Waals surface area contributed by atoms with E-state index in [1.54, 1.807) is 12.4 Å². The minimum absolute atomic E-state index is 0.167.